The number of hydrogen-bond donors (Lipinski definition) is 1. The third kappa shape index (κ3) is 3.11. The van der Waals surface area contributed by atoms with Crippen molar-refractivity contribution < 1.29 is 5.11 Å². The van der Waals surface area contributed by atoms with Gasteiger partial charge in [-0.3, -0.25) is 9.20 Å². The summed E-state index contributed by atoms with van der Waals surface area (Å²) in [5.74, 6) is -0.214. The van der Waals surface area contributed by atoms with E-state index in [9.17, 15) is 15.2 Å². The van der Waals surface area contributed by atoms with Crippen molar-refractivity contribution in [2.24, 2.45) is 0 Å². The minimum Gasteiger partial charge on any atom is -0.505 e. The van der Waals surface area contributed by atoms with E-state index in [-0.39, 0.29) is 21.4 Å². The van der Waals surface area contributed by atoms with E-state index < -0.39 is 0 Å². The number of nitriles is 1. The summed E-state index contributed by atoms with van der Waals surface area (Å²) in [4.78, 5) is 17.7. The van der Waals surface area contributed by atoms with Gasteiger partial charge in [0.15, 0.2) is 11.4 Å². The number of aromatic hydroxyl groups is 1. The second-order valence-electron chi connectivity index (χ2n) is 6.88. The van der Waals surface area contributed by atoms with Crippen LogP contribution in [0.15, 0.2) is 47.3 Å². The summed E-state index contributed by atoms with van der Waals surface area (Å²) in [7, 11) is 0. The van der Waals surface area contributed by atoms with Crippen LogP contribution in [0.4, 0.5) is 0 Å². The summed E-state index contributed by atoms with van der Waals surface area (Å²) in [6, 6.07) is 14.6. The van der Waals surface area contributed by atoms with Gasteiger partial charge in [-0.2, -0.15) is 5.26 Å². The summed E-state index contributed by atoms with van der Waals surface area (Å²) >= 11 is 12.2. The third-order valence-corrected chi connectivity index (χ3v) is 5.62. The lowest BCUT2D eigenvalue weighted by Gasteiger charge is -2.04. The summed E-state index contributed by atoms with van der Waals surface area (Å²) in [5, 5.41) is 20.5. The van der Waals surface area contributed by atoms with Crippen molar-refractivity contribution in [1.29, 1.82) is 5.26 Å². The zero-order chi connectivity index (χ0) is 21.6. The molecule has 2 aromatic carbocycles. The van der Waals surface area contributed by atoms with Crippen molar-refractivity contribution in [3.05, 3.63) is 90.6 Å². The van der Waals surface area contributed by atoms with Crippen LogP contribution < -0.4 is 10.9 Å². The normalized spacial score (nSPS) is 11.8. The molecular formula is C23H15Cl2N3O2. The number of aromatic nitrogens is 2. The molecule has 4 aromatic rings. The predicted molar refractivity (Wildman–Crippen MR) is 118 cm³/mol. The van der Waals surface area contributed by atoms with Crippen molar-refractivity contribution in [2.45, 2.75) is 13.8 Å². The smallest absolute Gasteiger partial charge is 0.261 e. The molecule has 0 fully saturated rings. The summed E-state index contributed by atoms with van der Waals surface area (Å²) in [6.45, 7) is 3.45. The second-order valence-corrected chi connectivity index (χ2v) is 7.69. The lowest BCUT2D eigenvalue weighted by atomic mass is 10.0. The molecule has 7 heteroatoms. The highest BCUT2D eigenvalue weighted by molar-refractivity contribution is 6.37. The van der Waals surface area contributed by atoms with Gasteiger partial charge < -0.3 is 5.11 Å². The quantitative estimate of drug-likeness (QED) is 0.505. The van der Waals surface area contributed by atoms with Crippen LogP contribution in [-0.4, -0.2) is 14.5 Å². The Balaban J connectivity index is 2.25. The number of phenols is 1. The zero-order valence-corrected chi connectivity index (χ0v) is 17.6. The van der Waals surface area contributed by atoms with Gasteiger partial charge in [0.05, 0.1) is 15.4 Å². The van der Waals surface area contributed by atoms with Gasteiger partial charge in [-0.05, 0) is 43.2 Å². The summed E-state index contributed by atoms with van der Waals surface area (Å²) in [5.41, 5.74) is 3.36. The Morgan fingerprint density at radius 1 is 1.13 bits per heavy atom. The first kappa shape index (κ1) is 20.0. The molecule has 0 saturated carbocycles. The first-order valence-electron chi connectivity index (χ1n) is 9.04. The number of aryl methyl sites for hydroxylation is 1. The van der Waals surface area contributed by atoms with E-state index in [1.807, 2.05) is 30.3 Å². The Hall–Kier alpha value is -3.33. The van der Waals surface area contributed by atoms with E-state index >= 15 is 0 Å². The molecule has 1 N–H and O–H groups in total. The molecule has 0 aliphatic carbocycles. The van der Waals surface area contributed by atoms with Gasteiger partial charge in [0.2, 0.25) is 0 Å². The highest BCUT2D eigenvalue weighted by Gasteiger charge is 2.20. The van der Waals surface area contributed by atoms with Gasteiger partial charge in [0, 0.05) is 16.8 Å². The van der Waals surface area contributed by atoms with Crippen LogP contribution >= 0.6 is 23.2 Å². The molecule has 0 aliphatic rings. The number of fused-ring (bicyclic) bond motifs is 1. The Morgan fingerprint density at radius 2 is 1.77 bits per heavy atom. The standard InChI is InChI=1S/C23H15Cl2N3O2/c1-12-13(2)27-22-16(11-26)20(15-6-4-3-5-7-15)19(28(22)23(12)30)10-14-8-17(24)21(29)18(25)9-14/h3-10,29H,1-2H3/b19-10+. The zero-order valence-electron chi connectivity index (χ0n) is 16.1. The molecule has 0 radical (unpaired) electrons. The first-order chi connectivity index (χ1) is 14.3. The Bertz CT molecular complexity index is 1450. The number of halogens is 2. The van der Waals surface area contributed by atoms with Crippen LogP contribution in [0.1, 0.15) is 22.4 Å². The van der Waals surface area contributed by atoms with Crippen LogP contribution in [0.2, 0.25) is 10.0 Å². The van der Waals surface area contributed by atoms with Gasteiger partial charge in [-0.25, -0.2) is 4.98 Å². The van der Waals surface area contributed by atoms with Crippen molar-refractivity contribution in [3.8, 4) is 22.9 Å². The van der Waals surface area contributed by atoms with Gasteiger partial charge in [0.1, 0.15) is 11.6 Å². The van der Waals surface area contributed by atoms with Gasteiger partial charge in [-0.1, -0.05) is 53.5 Å². The average Bonchev–Trinajstić information content (AvgIpc) is 3.03. The maximum Gasteiger partial charge on any atom is 0.261 e. The Labute approximate surface area is 182 Å². The SMILES string of the molecule is Cc1nc2c(C#N)c(-c3ccccc3)/c(=C\c3cc(Cl)c(O)c(Cl)c3)n2c(=O)c1C. The van der Waals surface area contributed by atoms with E-state index in [1.165, 1.54) is 4.40 Å². The van der Waals surface area contributed by atoms with E-state index in [0.29, 0.717) is 38.9 Å². The second kappa shape index (κ2) is 7.49. The van der Waals surface area contributed by atoms with Crippen LogP contribution in [0.3, 0.4) is 0 Å². The third-order valence-electron chi connectivity index (χ3n) is 5.04. The molecular weight excluding hydrogens is 421 g/mol. The van der Waals surface area contributed by atoms with Crippen molar-refractivity contribution in [2.75, 3.05) is 0 Å². The van der Waals surface area contributed by atoms with E-state index in [2.05, 4.69) is 11.1 Å². The topological polar surface area (TPSA) is 78.4 Å². The number of nitrogens with zero attached hydrogens (tertiary/aromatic N) is 3. The Kier molecular flexibility index (Phi) is 4.98. The molecule has 0 bridgehead atoms. The fraction of sp³-hybridized carbons (Fsp3) is 0.0870. The predicted octanol–water partition coefficient (Wildman–Crippen LogP) is 4.41. The van der Waals surface area contributed by atoms with E-state index in [1.54, 1.807) is 32.1 Å². The highest BCUT2D eigenvalue weighted by Crippen LogP contribution is 2.33. The molecule has 4 rings (SSSR count). The van der Waals surface area contributed by atoms with Crippen molar-refractivity contribution >= 4 is 34.9 Å². The molecule has 0 aliphatic heterocycles. The maximum atomic E-state index is 13.2. The van der Waals surface area contributed by atoms with Crippen LogP contribution in [0, 0.1) is 25.2 Å². The number of hydrogen-bond acceptors (Lipinski definition) is 4. The van der Waals surface area contributed by atoms with Gasteiger partial charge in [0.25, 0.3) is 5.56 Å². The molecule has 2 aromatic heterocycles. The molecule has 0 spiro atoms. The molecule has 148 valence electrons. The lowest BCUT2D eigenvalue weighted by molar-refractivity contribution is 0.476. The molecule has 0 saturated heterocycles. The van der Waals surface area contributed by atoms with Crippen molar-refractivity contribution in [1.82, 2.24) is 9.38 Å². The number of rotatable bonds is 2. The van der Waals surface area contributed by atoms with Crippen molar-refractivity contribution in [3.63, 3.8) is 0 Å². The molecule has 2 heterocycles. The van der Waals surface area contributed by atoms with E-state index in [0.717, 1.165) is 5.56 Å². The van der Waals surface area contributed by atoms with Gasteiger partial charge in [-0.15, -0.1) is 0 Å². The molecule has 30 heavy (non-hydrogen) atoms. The first-order valence-corrected chi connectivity index (χ1v) is 9.80. The number of benzene rings is 2. The number of phenolic OH excluding ortho intramolecular Hbond substituents is 1. The highest BCUT2D eigenvalue weighted by atomic mass is 35.5. The minimum atomic E-state index is -0.251. The maximum absolute atomic E-state index is 13.2. The summed E-state index contributed by atoms with van der Waals surface area (Å²) in [6.07, 6.45) is 1.71. The van der Waals surface area contributed by atoms with Crippen LogP contribution in [0.25, 0.3) is 22.9 Å². The largest absolute Gasteiger partial charge is 0.505 e. The average molecular weight is 436 g/mol. The molecule has 0 atom stereocenters. The fourth-order valence-corrected chi connectivity index (χ4v) is 3.92. The molecule has 0 amide bonds. The minimum absolute atomic E-state index is 0.0869. The summed E-state index contributed by atoms with van der Waals surface area (Å²) < 4.78 is 1.44. The van der Waals surface area contributed by atoms with Crippen LogP contribution in [0.5, 0.6) is 5.75 Å². The van der Waals surface area contributed by atoms with Crippen LogP contribution in [-0.2, 0) is 0 Å². The molecule has 0 unspecified atom stereocenters. The lowest BCUT2D eigenvalue weighted by Crippen LogP contribution is -2.27. The monoisotopic (exact) mass is 435 g/mol. The Morgan fingerprint density at radius 3 is 2.37 bits per heavy atom. The molecule has 5 nitrogen and oxygen atoms in total. The van der Waals surface area contributed by atoms with E-state index in [4.69, 9.17) is 23.2 Å². The fourth-order valence-electron chi connectivity index (χ4n) is 3.42. The van der Waals surface area contributed by atoms with Gasteiger partial charge >= 0.3 is 0 Å².